The van der Waals surface area contributed by atoms with Gasteiger partial charge in [-0.15, -0.1) is 0 Å². The van der Waals surface area contributed by atoms with E-state index in [9.17, 15) is 0 Å². The number of benzene rings is 10. The zero-order chi connectivity index (χ0) is 44.3. The zero-order valence-corrected chi connectivity index (χ0v) is 36.0. The SMILES string of the molecule is c1ccc(-c2nc(-c3cccc(-c4cccc(-c5nc(-c6ccc7ccccc7c6)nc(-c6ccc7ccccc7c6)n5)c4)c3)cc(-c3ccc4oc5ccc6ccccc6c5c4c3)n2)cc1. The molecule has 0 radical (unpaired) electrons. The van der Waals surface area contributed by atoms with Crippen LogP contribution < -0.4 is 0 Å². The third kappa shape index (κ3) is 7.05. The Morgan fingerprint density at radius 1 is 0.239 bits per heavy atom. The molecule has 67 heavy (non-hydrogen) atoms. The largest absolute Gasteiger partial charge is 0.456 e. The first-order valence-electron chi connectivity index (χ1n) is 22.4. The van der Waals surface area contributed by atoms with Crippen molar-refractivity contribution in [3.05, 3.63) is 224 Å². The number of hydrogen-bond donors (Lipinski definition) is 0. The van der Waals surface area contributed by atoms with Crippen LogP contribution in [0.15, 0.2) is 229 Å². The summed E-state index contributed by atoms with van der Waals surface area (Å²) < 4.78 is 6.37. The number of hydrogen-bond acceptors (Lipinski definition) is 6. The van der Waals surface area contributed by atoms with Gasteiger partial charge in [0.1, 0.15) is 11.2 Å². The number of aromatic nitrogens is 5. The Bertz CT molecular complexity index is 3970. The highest BCUT2D eigenvalue weighted by Gasteiger charge is 2.17. The van der Waals surface area contributed by atoms with Gasteiger partial charge in [-0.1, -0.05) is 170 Å². The van der Waals surface area contributed by atoms with Crippen LogP contribution >= 0.6 is 0 Å². The van der Waals surface area contributed by atoms with Crippen molar-refractivity contribution in [3.63, 3.8) is 0 Å². The van der Waals surface area contributed by atoms with Crippen molar-refractivity contribution in [1.29, 1.82) is 0 Å². The third-order valence-electron chi connectivity index (χ3n) is 12.7. The predicted octanol–water partition coefficient (Wildman–Crippen LogP) is 15.7. The molecule has 0 aliphatic rings. The Labute approximate surface area is 385 Å². The summed E-state index contributed by atoms with van der Waals surface area (Å²) in [7, 11) is 0. The fourth-order valence-electron chi connectivity index (χ4n) is 9.28. The first-order valence-corrected chi connectivity index (χ1v) is 22.4. The van der Waals surface area contributed by atoms with E-state index in [2.05, 4.69) is 206 Å². The van der Waals surface area contributed by atoms with Gasteiger partial charge >= 0.3 is 0 Å². The fraction of sp³-hybridized carbons (Fsp3) is 0. The lowest BCUT2D eigenvalue weighted by molar-refractivity contribution is 0.669. The molecule has 0 bridgehead atoms. The molecule has 13 aromatic rings. The Hall–Kier alpha value is -9.13. The van der Waals surface area contributed by atoms with E-state index >= 15 is 0 Å². The second-order valence-corrected chi connectivity index (χ2v) is 16.9. The predicted molar refractivity (Wildman–Crippen MR) is 273 cm³/mol. The second-order valence-electron chi connectivity index (χ2n) is 16.9. The van der Waals surface area contributed by atoms with Crippen LogP contribution in [0.25, 0.3) is 133 Å². The van der Waals surface area contributed by atoms with Crippen LogP contribution in [-0.4, -0.2) is 24.9 Å². The summed E-state index contributed by atoms with van der Waals surface area (Å²) in [4.78, 5) is 25.8. The van der Waals surface area contributed by atoms with Crippen molar-refractivity contribution in [2.24, 2.45) is 0 Å². The van der Waals surface area contributed by atoms with Crippen LogP contribution in [0.3, 0.4) is 0 Å². The topological polar surface area (TPSA) is 77.6 Å². The van der Waals surface area contributed by atoms with E-state index in [0.717, 1.165) is 105 Å². The van der Waals surface area contributed by atoms with Gasteiger partial charge in [-0.05, 0) is 98.0 Å². The Kier molecular flexibility index (Phi) is 9.06. The molecule has 0 amide bonds. The first-order chi connectivity index (χ1) is 33.1. The van der Waals surface area contributed by atoms with Crippen LogP contribution in [0.5, 0.6) is 0 Å². The molecule has 3 aromatic heterocycles. The Balaban J connectivity index is 0.915. The van der Waals surface area contributed by atoms with Crippen molar-refractivity contribution in [1.82, 2.24) is 24.9 Å². The van der Waals surface area contributed by atoms with Crippen molar-refractivity contribution >= 4 is 54.3 Å². The normalized spacial score (nSPS) is 11.6. The molecular formula is C61H37N5O. The van der Waals surface area contributed by atoms with Gasteiger partial charge < -0.3 is 4.42 Å². The molecule has 0 unspecified atom stereocenters. The molecule has 0 saturated heterocycles. The van der Waals surface area contributed by atoms with Crippen molar-refractivity contribution < 1.29 is 4.42 Å². The zero-order valence-electron chi connectivity index (χ0n) is 36.0. The second kappa shape index (κ2) is 15.8. The maximum absolute atomic E-state index is 6.37. The van der Waals surface area contributed by atoms with Crippen LogP contribution in [0.2, 0.25) is 0 Å². The molecule has 3 heterocycles. The Morgan fingerprint density at radius 3 is 1.34 bits per heavy atom. The maximum atomic E-state index is 6.37. The van der Waals surface area contributed by atoms with Gasteiger partial charge in [0.25, 0.3) is 0 Å². The summed E-state index contributed by atoms with van der Waals surface area (Å²) in [5.74, 6) is 2.49. The molecule has 312 valence electrons. The average molecular weight is 856 g/mol. The minimum atomic E-state index is 0.600. The van der Waals surface area contributed by atoms with E-state index in [1.165, 1.54) is 5.39 Å². The highest BCUT2D eigenvalue weighted by Crippen LogP contribution is 2.38. The molecule has 6 nitrogen and oxygen atoms in total. The highest BCUT2D eigenvalue weighted by atomic mass is 16.3. The quantitative estimate of drug-likeness (QED) is 0.159. The fourth-order valence-corrected chi connectivity index (χ4v) is 9.28. The Morgan fingerprint density at radius 2 is 0.687 bits per heavy atom. The number of furan rings is 1. The van der Waals surface area contributed by atoms with Crippen LogP contribution in [-0.2, 0) is 0 Å². The lowest BCUT2D eigenvalue weighted by atomic mass is 9.98. The van der Waals surface area contributed by atoms with Gasteiger partial charge in [0.15, 0.2) is 23.3 Å². The molecule has 0 spiro atoms. The molecule has 0 N–H and O–H groups in total. The average Bonchev–Trinajstić information content (AvgIpc) is 3.79. The number of rotatable bonds is 7. The van der Waals surface area contributed by atoms with E-state index < -0.39 is 0 Å². The molecule has 0 fully saturated rings. The van der Waals surface area contributed by atoms with E-state index in [1.807, 2.05) is 18.2 Å². The lowest BCUT2D eigenvalue weighted by Crippen LogP contribution is -2.00. The van der Waals surface area contributed by atoms with Crippen molar-refractivity contribution in [3.8, 4) is 79.2 Å². The van der Waals surface area contributed by atoms with E-state index in [1.54, 1.807) is 0 Å². The summed E-state index contributed by atoms with van der Waals surface area (Å²) >= 11 is 0. The summed E-state index contributed by atoms with van der Waals surface area (Å²) in [6.07, 6.45) is 0. The molecular weight excluding hydrogens is 819 g/mol. The molecule has 0 atom stereocenters. The molecule has 13 rings (SSSR count). The summed E-state index contributed by atoms with van der Waals surface area (Å²) in [5, 5.41) is 9.09. The van der Waals surface area contributed by atoms with Crippen LogP contribution in [0, 0.1) is 0 Å². The first kappa shape index (κ1) is 38.3. The molecule has 0 aliphatic carbocycles. The standard InChI is InChI=1S/C61H37N5O/c1-2-15-41(16-3-1)58-62-53(37-54(63-58)47-29-30-55-52(36-47)57-51-23-9-8-14-40(51)28-31-56(57)67-55)46-21-10-19-44(32-46)45-20-11-22-48(35-45)59-64-60(49-26-24-38-12-4-6-17-42(38)33-49)66-61(65-59)50-27-25-39-13-5-7-18-43(39)34-50/h1-37H. The van der Waals surface area contributed by atoms with Crippen LogP contribution in [0.1, 0.15) is 0 Å². The minimum absolute atomic E-state index is 0.600. The smallest absolute Gasteiger partial charge is 0.164 e. The van der Waals surface area contributed by atoms with Crippen LogP contribution in [0.4, 0.5) is 0 Å². The lowest BCUT2D eigenvalue weighted by Gasteiger charge is -2.12. The van der Waals surface area contributed by atoms with Gasteiger partial charge in [0, 0.05) is 44.2 Å². The maximum Gasteiger partial charge on any atom is 0.164 e. The van der Waals surface area contributed by atoms with Crippen molar-refractivity contribution in [2.75, 3.05) is 0 Å². The monoisotopic (exact) mass is 855 g/mol. The third-order valence-corrected chi connectivity index (χ3v) is 12.7. The molecule has 10 aromatic carbocycles. The highest BCUT2D eigenvalue weighted by molar-refractivity contribution is 6.19. The van der Waals surface area contributed by atoms with Crippen molar-refractivity contribution in [2.45, 2.75) is 0 Å². The van der Waals surface area contributed by atoms with Gasteiger partial charge in [-0.25, -0.2) is 24.9 Å². The van der Waals surface area contributed by atoms with E-state index in [-0.39, 0.29) is 0 Å². The van der Waals surface area contributed by atoms with E-state index in [4.69, 9.17) is 29.3 Å². The molecule has 0 aliphatic heterocycles. The summed E-state index contributed by atoms with van der Waals surface area (Å²) in [6, 6.07) is 77.7. The van der Waals surface area contributed by atoms with Gasteiger partial charge in [0.05, 0.1) is 11.4 Å². The van der Waals surface area contributed by atoms with E-state index in [0.29, 0.717) is 23.3 Å². The van der Waals surface area contributed by atoms with Gasteiger partial charge in [-0.2, -0.15) is 0 Å². The number of fused-ring (bicyclic) bond motifs is 7. The molecule has 0 saturated carbocycles. The van der Waals surface area contributed by atoms with Gasteiger partial charge in [-0.3, -0.25) is 0 Å². The van der Waals surface area contributed by atoms with Gasteiger partial charge in [0.2, 0.25) is 0 Å². The number of nitrogens with zero attached hydrogens (tertiary/aromatic N) is 5. The molecule has 6 heteroatoms. The summed E-state index contributed by atoms with van der Waals surface area (Å²) in [5.41, 5.74) is 11.1. The minimum Gasteiger partial charge on any atom is -0.456 e. The summed E-state index contributed by atoms with van der Waals surface area (Å²) in [6.45, 7) is 0.